The Labute approximate surface area is 156 Å². The molecule has 0 amide bonds. The van der Waals surface area contributed by atoms with E-state index in [-0.39, 0.29) is 12.1 Å². The van der Waals surface area contributed by atoms with Crippen LogP contribution >= 0.6 is 0 Å². The largest absolute Gasteiger partial charge is 0.328 e. The fraction of sp³-hybridized carbons (Fsp3) is 0.0526. The number of hydrogen-bond donors (Lipinski definition) is 1. The molecule has 4 aromatic heterocycles. The SMILES string of the molecule is O=c1[nH]c2cnc(-c3cnc4ccccn34)nc2n1Cc1cc(F)ccc1F. The van der Waals surface area contributed by atoms with Crippen molar-refractivity contribution in [2.45, 2.75) is 6.54 Å². The van der Waals surface area contributed by atoms with Crippen molar-refractivity contribution >= 4 is 16.8 Å². The standard InChI is InChI=1S/C19H12F2N6O/c20-12-4-5-13(21)11(7-12)10-27-18-14(24-19(27)28)8-23-17(25-18)15-9-22-16-3-1-2-6-26(15)16/h1-9H,10H2,(H,24,28). The summed E-state index contributed by atoms with van der Waals surface area (Å²) in [5.74, 6) is -0.817. The zero-order chi connectivity index (χ0) is 19.3. The van der Waals surface area contributed by atoms with E-state index in [1.54, 1.807) is 6.20 Å². The van der Waals surface area contributed by atoms with Crippen LogP contribution in [0.3, 0.4) is 0 Å². The van der Waals surface area contributed by atoms with E-state index in [2.05, 4.69) is 19.9 Å². The highest BCUT2D eigenvalue weighted by atomic mass is 19.1. The molecule has 0 bridgehead atoms. The van der Waals surface area contributed by atoms with Crippen LogP contribution < -0.4 is 5.69 Å². The molecule has 28 heavy (non-hydrogen) atoms. The van der Waals surface area contributed by atoms with Gasteiger partial charge in [-0.05, 0) is 30.3 Å². The molecule has 1 aromatic carbocycles. The van der Waals surface area contributed by atoms with Crippen LogP contribution in [0, 0.1) is 11.6 Å². The number of hydrogen-bond acceptors (Lipinski definition) is 4. The third kappa shape index (κ3) is 2.56. The molecule has 7 nitrogen and oxygen atoms in total. The molecule has 0 spiro atoms. The average molecular weight is 378 g/mol. The van der Waals surface area contributed by atoms with Crippen LogP contribution in [-0.4, -0.2) is 28.9 Å². The van der Waals surface area contributed by atoms with Crippen molar-refractivity contribution in [3.63, 3.8) is 0 Å². The van der Waals surface area contributed by atoms with Crippen molar-refractivity contribution in [1.29, 1.82) is 0 Å². The topological polar surface area (TPSA) is 80.9 Å². The Bertz CT molecular complexity index is 1400. The second-order valence-electron chi connectivity index (χ2n) is 6.26. The van der Waals surface area contributed by atoms with Crippen molar-refractivity contribution in [3.8, 4) is 11.5 Å². The van der Waals surface area contributed by atoms with Crippen molar-refractivity contribution in [2.24, 2.45) is 0 Å². The van der Waals surface area contributed by atoms with Gasteiger partial charge >= 0.3 is 5.69 Å². The number of rotatable bonds is 3. The Morgan fingerprint density at radius 2 is 1.96 bits per heavy atom. The minimum Gasteiger partial charge on any atom is -0.303 e. The number of imidazole rings is 2. The summed E-state index contributed by atoms with van der Waals surface area (Å²) in [5, 5.41) is 0. The number of H-pyrrole nitrogens is 1. The summed E-state index contributed by atoms with van der Waals surface area (Å²) < 4.78 is 30.6. The Morgan fingerprint density at radius 1 is 1.07 bits per heavy atom. The third-order valence-corrected chi connectivity index (χ3v) is 4.49. The summed E-state index contributed by atoms with van der Waals surface area (Å²) in [7, 11) is 0. The summed E-state index contributed by atoms with van der Waals surface area (Å²) in [4.78, 5) is 28.1. The van der Waals surface area contributed by atoms with Gasteiger partial charge in [0.25, 0.3) is 0 Å². The fourth-order valence-electron chi connectivity index (χ4n) is 3.15. The molecule has 0 aliphatic heterocycles. The van der Waals surface area contributed by atoms with E-state index in [4.69, 9.17) is 0 Å². The van der Waals surface area contributed by atoms with Crippen LogP contribution in [0.5, 0.6) is 0 Å². The molecular weight excluding hydrogens is 366 g/mol. The van der Waals surface area contributed by atoms with E-state index in [1.165, 1.54) is 10.8 Å². The van der Waals surface area contributed by atoms with Crippen LogP contribution in [0.4, 0.5) is 8.78 Å². The third-order valence-electron chi connectivity index (χ3n) is 4.49. The molecule has 0 saturated heterocycles. The average Bonchev–Trinajstić information content (AvgIpc) is 3.25. The first kappa shape index (κ1) is 16.3. The van der Waals surface area contributed by atoms with Gasteiger partial charge in [-0.2, -0.15) is 0 Å². The van der Waals surface area contributed by atoms with Gasteiger partial charge in [0.05, 0.1) is 18.9 Å². The molecule has 0 atom stereocenters. The number of fused-ring (bicyclic) bond motifs is 2. The number of pyridine rings is 1. The number of nitrogens with one attached hydrogen (secondary N) is 1. The Morgan fingerprint density at radius 3 is 2.86 bits per heavy atom. The molecule has 0 radical (unpaired) electrons. The van der Waals surface area contributed by atoms with Gasteiger partial charge in [0.15, 0.2) is 11.5 Å². The molecule has 0 saturated carbocycles. The first-order valence-corrected chi connectivity index (χ1v) is 8.42. The summed E-state index contributed by atoms with van der Waals surface area (Å²) in [5.41, 5.74) is 1.65. The van der Waals surface area contributed by atoms with Crippen LogP contribution in [0.1, 0.15) is 5.56 Å². The summed E-state index contributed by atoms with van der Waals surface area (Å²) in [6.07, 6.45) is 4.95. The van der Waals surface area contributed by atoms with Gasteiger partial charge in [-0.25, -0.2) is 28.5 Å². The molecule has 0 fully saturated rings. The number of benzene rings is 1. The molecule has 1 N–H and O–H groups in total. The summed E-state index contributed by atoms with van der Waals surface area (Å²) in [6, 6.07) is 8.70. The number of halogens is 2. The lowest BCUT2D eigenvalue weighted by Gasteiger charge is -2.06. The highest BCUT2D eigenvalue weighted by molar-refractivity contribution is 5.72. The summed E-state index contributed by atoms with van der Waals surface area (Å²) in [6.45, 7) is -0.161. The second kappa shape index (κ2) is 6.08. The first-order chi connectivity index (χ1) is 13.6. The molecule has 0 aliphatic rings. The van der Waals surface area contributed by atoms with E-state index in [9.17, 15) is 13.6 Å². The lowest BCUT2D eigenvalue weighted by Crippen LogP contribution is -2.18. The maximum absolute atomic E-state index is 14.0. The monoisotopic (exact) mass is 378 g/mol. The van der Waals surface area contributed by atoms with Gasteiger partial charge in [-0.1, -0.05) is 6.07 Å². The lowest BCUT2D eigenvalue weighted by molar-refractivity contribution is 0.576. The zero-order valence-corrected chi connectivity index (χ0v) is 14.3. The second-order valence-corrected chi connectivity index (χ2v) is 6.26. The van der Waals surface area contributed by atoms with Gasteiger partial charge in [0.1, 0.15) is 28.5 Å². The molecule has 5 rings (SSSR count). The predicted octanol–water partition coefficient (Wildman–Crippen LogP) is 2.76. The van der Waals surface area contributed by atoms with Crippen molar-refractivity contribution < 1.29 is 8.78 Å². The minimum absolute atomic E-state index is 0.0537. The Kier molecular flexibility index (Phi) is 3.54. The first-order valence-electron chi connectivity index (χ1n) is 8.42. The predicted molar refractivity (Wildman–Crippen MR) is 97.8 cm³/mol. The van der Waals surface area contributed by atoms with E-state index < -0.39 is 17.3 Å². The molecule has 0 aliphatic carbocycles. The van der Waals surface area contributed by atoms with Gasteiger partial charge < -0.3 is 4.98 Å². The molecule has 138 valence electrons. The number of aromatic amines is 1. The molecule has 4 heterocycles. The van der Waals surface area contributed by atoms with Gasteiger partial charge in [-0.3, -0.25) is 8.97 Å². The summed E-state index contributed by atoms with van der Waals surface area (Å²) >= 11 is 0. The van der Waals surface area contributed by atoms with E-state index in [0.29, 0.717) is 22.7 Å². The van der Waals surface area contributed by atoms with Gasteiger partial charge in [0, 0.05) is 11.8 Å². The minimum atomic E-state index is -0.598. The van der Waals surface area contributed by atoms with Gasteiger partial charge in [0.2, 0.25) is 0 Å². The molecule has 9 heteroatoms. The Hall–Kier alpha value is -3.88. The quantitative estimate of drug-likeness (QED) is 0.524. The maximum atomic E-state index is 14.0. The molecule has 0 unspecified atom stereocenters. The smallest absolute Gasteiger partial charge is 0.303 e. The number of aromatic nitrogens is 6. The fourth-order valence-corrected chi connectivity index (χ4v) is 3.15. The normalized spacial score (nSPS) is 11.5. The lowest BCUT2D eigenvalue weighted by atomic mass is 10.2. The maximum Gasteiger partial charge on any atom is 0.328 e. The van der Waals surface area contributed by atoms with Crippen LogP contribution in [-0.2, 0) is 6.54 Å². The van der Waals surface area contributed by atoms with Crippen LogP contribution in [0.2, 0.25) is 0 Å². The van der Waals surface area contributed by atoms with Gasteiger partial charge in [-0.15, -0.1) is 0 Å². The molecule has 5 aromatic rings. The number of nitrogens with zero attached hydrogens (tertiary/aromatic N) is 5. The Balaban J connectivity index is 1.66. The van der Waals surface area contributed by atoms with Crippen molar-refractivity contribution in [2.75, 3.05) is 0 Å². The zero-order valence-electron chi connectivity index (χ0n) is 14.3. The van der Waals surface area contributed by atoms with Crippen molar-refractivity contribution in [1.82, 2.24) is 28.9 Å². The van der Waals surface area contributed by atoms with E-state index in [1.807, 2.05) is 28.8 Å². The highest BCUT2D eigenvalue weighted by Crippen LogP contribution is 2.19. The van der Waals surface area contributed by atoms with Crippen LogP contribution in [0.15, 0.2) is 59.8 Å². The van der Waals surface area contributed by atoms with E-state index in [0.717, 1.165) is 23.8 Å². The van der Waals surface area contributed by atoms with Crippen LogP contribution in [0.25, 0.3) is 28.3 Å². The van der Waals surface area contributed by atoms with E-state index >= 15 is 0 Å². The highest BCUT2D eigenvalue weighted by Gasteiger charge is 2.15. The molecular formula is C19H12F2N6O. The van der Waals surface area contributed by atoms with Crippen molar-refractivity contribution in [3.05, 3.63) is 82.7 Å².